The van der Waals surface area contributed by atoms with Crippen LogP contribution in [0.15, 0.2) is 0 Å². The van der Waals surface area contributed by atoms with E-state index in [0.29, 0.717) is 11.8 Å². The lowest BCUT2D eigenvalue weighted by Gasteiger charge is -2.64. The molecule has 1 N–H and O–H groups in total. The highest BCUT2D eigenvalue weighted by Crippen LogP contribution is 2.89. The summed E-state index contributed by atoms with van der Waals surface area (Å²) in [6.07, 6.45) is 3.68. The van der Waals surface area contributed by atoms with Crippen LogP contribution in [-0.2, 0) is 9.53 Å². The molecule has 0 radical (unpaired) electrons. The monoisotopic (exact) mass is 228 g/mol. The third-order valence-corrected chi connectivity index (χ3v) is 5.51. The smallest absolute Gasteiger partial charge is 0.321 e. The molecule has 0 aliphatic heterocycles. The van der Waals surface area contributed by atoms with Gasteiger partial charge in [0.2, 0.25) is 0 Å². The highest BCUT2D eigenvalue weighted by Gasteiger charge is 2.92. The Morgan fingerprint density at radius 3 is 2.93 bits per heavy atom. The molecule has 0 aromatic carbocycles. The van der Waals surface area contributed by atoms with Crippen LogP contribution in [0.4, 0.5) is 0 Å². The Labute approximate surface area is 92.7 Å². The summed E-state index contributed by atoms with van der Waals surface area (Å²) >= 11 is 5.45. The van der Waals surface area contributed by atoms with Crippen molar-refractivity contribution in [3.63, 3.8) is 0 Å². The van der Waals surface area contributed by atoms with Gasteiger partial charge in [-0.25, -0.2) is 0 Å². The molecule has 0 aromatic heterocycles. The quantitative estimate of drug-likeness (QED) is 0.568. The van der Waals surface area contributed by atoms with Gasteiger partial charge in [0.15, 0.2) is 0 Å². The first-order valence-electron chi connectivity index (χ1n) is 5.56. The second-order valence-electron chi connectivity index (χ2n) is 5.86. The van der Waals surface area contributed by atoms with Gasteiger partial charge in [-0.05, 0) is 31.6 Å². The number of halogens is 1. The zero-order chi connectivity index (χ0) is 10.5. The minimum atomic E-state index is -0.393. The van der Waals surface area contributed by atoms with Gasteiger partial charge < -0.3 is 9.84 Å². The van der Waals surface area contributed by atoms with Crippen LogP contribution in [0.3, 0.4) is 0 Å². The summed E-state index contributed by atoms with van der Waals surface area (Å²) in [5.74, 6) is 0.681. The first kappa shape index (κ1) is 8.82. The van der Waals surface area contributed by atoms with Gasteiger partial charge >= 0.3 is 5.97 Å². The summed E-state index contributed by atoms with van der Waals surface area (Å²) in [6.45, 7) is 0. The Balaban J connectivity index is 1.59. The van der Waals surface area contributed by atoms with Crippen LogP contribution in [0.1, 0.15) is 25.7 Å². The van der Waals surface area contributed by atoms with Crippen LogP contribution in [0.2, 0.25) is 0 Å². The maximum Gasteiger partial charge on any atom is 0.321 e. The number of ether oxygens (including phenoxy) is 1. The van der Waals surface area contributed by atoms with Crippen molar-refractivity contribution < 1.29 is 14.6 Å². The molecule has 3 nitrogen and oxygen atoms in total. The molecule has 4 aliphatic rings. The summed E-state index contributed by atoms with van der Waals surface area (Å²) in [7, 11) is 0. The highest BCUT2D eigenvalue weighted by atomic mass is 35.5. The maximum atomic E-state index is 11.2. The van der Waals surface area contributed by atoms with Gasteiger partial charge in [0.1, 0.15) is 11.5 Å². The van der Waals surface area contributed by atoms with E-state index in [2.05, 4.69) is 0 Å². The van der Waals surface area contributed by atoms with Gasteiger partial charge in [-0.15, -0.1) is 11.6 Å². The fourth-order valence-corrected chi connectivity index (χ4v) is 5.06. The molecule has 0 bridgehead atoms. The Kier molecular flexibility index (Phi) is 1.22. The summed E-state index contributed by atoms with van der Waals surface area (Å²) in [6, 6.07) is 0. The van der Waals surface area contributed by atoms with Gasteiger partial charge in [0.05, 0.1) is 5.60 Å². The molecule has 82 valence electrons. The normalized spacial score (nSPS) is 62.3. The average molecular weight is 229 g/mol. The molecule has 0 aromatic rings. The van der Waals surface area contributed by atoms with Crippen molar-refractivity contribution in [3.05, 3.63) is 0 Å². The molecular formula is C11H13ClO3. The second-order valence-corrected chi connectivity index (χ2v) is 6.13. The van der Waals surface area contributed by atoms with Gasteiger partial charge in [0, 0.05) is 11.3 Å². The topological polar surface area (TPSA) is 46.5 Å². The Bertz CT molecular complexity index is 384. The molecule has 15 heavy (non-hydrogen) atoms. The van der Waals surface area contributed by atoms with Crippen LogP contribution in [-0.4, -0.2) is 28.2 Å². The van der Waals surface area contributed by atoms with Crippen molar-refractivity contribution in [1.82, 2.24) is 0 Å². The van der Waals surface area contributed by atoms with E-state index in [4.69, 9.17) is 16.3 Å². The molecule has 4 fully saturated rings. The highest BCUT2D eigenvalue weighted by molar-refractivity contribution is 6.26. The van der Waals surface area contributed by atoms with E-state index >= 15 is 0 Å². The molecule has 5 atom stereocenters. The van der Waals surface area contributed by atoms with Crippen molar-refractivity contribution in [2.24, 2.45) is 17.3 Å². The number of esters is 1. The van der Waals surface area contributed by atoms with Crippen molar-refractivity contribution in [2.45, 2.75) is 36.9 Å². The lowest BCUT2D eigenvalue weighted by molar-refractivity contribution is -0.257. The summed E-state index contributed by atoms with van der Waals surface area (Å²) < 4.78 is 5.46. The SMILES string of the molecule is O=C(CCl)OC12CC3CC4(O)CC4(C1)C32. The second kappa shape index (κ2) is 2.07. The Morgan fingerprint density at radius 1 is 1.47 bits per heavy atom. The predicted octanol–water partition coefficient (Wildman–Crippen LogP) is 1.07. The Hall–Kier alpha value is -0.280. The zero-order valence-corrected chi connectivity index (χ0v) is 9.09. The molecule has 0 saturated heterocycles. The number of rotatable bonds is 2. The number of hydrogen-bond donors (Lipinski definition) is 1. The summed E-state index contributed by atoms with van der Waals surface area (Å²) in [4.78, 5) is 11.2. The summed E-state index contributed by atoms with van der Waals surface area (Å²) in [5, 5.41) is 10.2. The molecule has 4 saturated carbocycles. The van der Waals surface area contributed by atoms with Crippen LogP contribution in [0, 0.1) is 17.3 Å². The molecule has 1 spiro atoms. The van der Waals surface area contributed by atoms with E-state index in [1.165, 1.54) is 0 Å². The molecule has 4 heteroatoms. The van der Waals surface area contributed by atoms with E-state index in [-0.39, 0.29) is 22.9 Å². The minimum Gasteiger partial charge on any atom is -0.458 e. The zero-order valence-electron chi connectivity index (χ0n) is 8.33. The van der Waals surface area contributed by atoms with E-state index in [9.17, 15) is 9.90 Å². The molecule has 4 aliphatic carbocycles. The maximum absolute atomic E-state index is 11.2. The number of carbonyl (C=O) groups is 1. The molecular weight excluding hydrogens is 216 g/mol. The largest absolute Gasteiger partial charge is 0.458 e. The van der Waals surface area contributed by atoms with Crippen molar-refractivity contribution in [1.29, 1.82) is 0 Å². The van der Waals surface area contributed by atoms with Crippen molar-refractivity contribution in [3.8, 4) is 0 Å². The van der Waals surface area contributed by atoms with Crippen molar-refractivity contribution in [2.75, 3.05) is 5.88 Å². The fourth-order valence-electron chi connectivity index (χ4n) is 5.01. The minimum absolute atomic E-state index is 0.0591. The number of carbonyl (C=O) groups excluding carboxylic acids is 1. The third-order valence-electron chi connectivity index (χ3n) is 5.29. The van der Waals surface area contributed by atoms with E-state index in [0.717, 1.165) is 25.7 Å². The lowest BCUT2D eigenvalue weighted by atomic mass is 9.45. The number of alkyl halides is 1. The van der Waals surface area contributed by atoms with Gasteiger partial charge in [0.25, 0.3) is 0 Å². The Morgan fingerprint density at radius 2 is 2.27 bits per heavy atom. The van der Waals surface area contributed by atoms with E-state index < -0.39 is 5.60 Å². The van der Waals surface area contributed by atoms with E-state index in [1.54, 1.807) is 0 Å². The summed E-state index contributed by atoms with van der Waals surface area (Å²) in [5.41, 5.74) is -0.476. The first-order chi connectivity index (χ1) is 7.05. The van der Waals surface area contributed by atoms with Gasteiger partial charge in [-0.3, -0.25) is 4.79 Å². The van der Waals surface area contributed by atoms with Crippen LogP contribution in [0.5, 0.6) is 0 Å². The van der Waals surface area contributed by atoms with Crippen LogP contribution < -0.4 is 0 Å². The van der Waals surface area contributed by atoms with E-state index in [1.807, 2.05) is 0 Å². The molecule has 4 rings (SSSR count). The first-order valence-corrected chi connectivity index (χ1v) is 6.09. The molecule has 0 heterocycles. The average Bonchev–Trinajstić information content (AvgIpc) is 2.66. The van der Waals surface area contributed by atoms with Gasteiger partial charge in [-0.2, -0.15) is 0 Å². The number of hydrogen-bond acceptors (Lipinski definition) is 3. The molecule has 0 amide bonds. The van der Waals surface area contributed by atoms with Crippen LogP contribution in [0.25, 0.3) is 0 Å². The molecule has 5 unspecified atom stereocenters. The third kappa shape index (κ3) is 0.705. The van der Waals surface area contributed by atoms with Gasteiger partial charge in [-0.1, -0.05) is 0 Å². The fraction of sp³-hybridized carbons (Fsp3) is 0.909. The number of aliphatic hydroxyl groups is 1. The standard InChI is InChI=1S/C11H13ClO3/c12-3-7(13)15-10-1-6-2-11(14)5-9(11,4-10)8(6)10/h6,8,14H,1-5H2. The van der Waals surface area contributed by atoms with Crippen LogP contribution >= 0.6 is 11.6 Å². The van der Waals surface area contributed by atoms with Crippen molar-refractivity contribution >= 4 is 17.6 Å². The lowest BCUT2D eigenvalue weighted by Crippen LogP contribution is -2.67. The predicted molar refractivity (Wildman–Crippen MR) is 52.4 cm³/mol.